The van der Waals surface area contributed by atoms with Crippen molar-refractivity contribution in [1.82, 2.24) is 0 Å². The van der Waals surface area contributed by atoms with Gasteiger partial charge < -0.3 is 14.6 Å². The Morgan fingerprint density at radius 2 is 2.20 bits per heavy atom. The van der Waals surface area contributed by atoms with Gasteiger partial charge >= 0.3 is 0 Å². The standard InChI is InChI=1S/C17H24O3/c1-17(9-2-3-10-20-17)16(18)7-5-13-4-6-15-14(12-13)8-11-19-15/h4,6,12,16,18H,2-3,5,7-11H2,1H3. The zero-order chi connectivity index (χ0) is 14.0. The Bertz CT molecular complexity index is 463. The van der Waals surface area contributed by atoms with Gasteiger partial charge in [0.25, 0.3) is 0 Å². The second kappa shape index (κ2) is 5.74. The molecule has 0 radical (unpaired) electrons. The molecule has 3 heteroatoms. The molecule has 0 aromatic heterocycles. The maximum absolute atomic E-state index is 10.4. The van der Waals surface area contributed by atoms with Crippen LogP contribution in [0.4, 0.5) is 0 Å². The average Bonchev–Trinajstić information content (AvgIpc) is 2.93. The molecule has 3 rings (SSSR count). The van der Waals surface area contributed by atoms with Crippen LogP contribution in [0.3, 0.4) is 0 Å². The highest BCUT2D eigenvalue weighted by molar-refractivity contribution is 5.39. The molecule has 110 valence electrons. The summed E-state index contributed by atoms with van der Waals surface area (Å²) >= 11 is 0. The minimum atomic E-state index is -0.382. The van der Waals surface area contributed by atoms with Gasteiger partial charge in [-0.25, -0.2) is 0 Å². The molecule has 1 aromatic rings. The van der Waals surface area contributed by atoms with E-state index in [1.807, 2.05) is 6.92 Å². The number of aryl methyl sites for hydroxylation is 1. The fourth-order valence-corrected chi connectivity index (χ4v) is 3.22. The van der Waals surface area contributed by atoms with Gasteiger partial charge in [0.05, 0.1) is 18.3 Å². The van der Waals surface area contributed by atoms with E-state index in [1.165, 1.54) is 11.1 Å². The van der Waals surface area contributed by atoms with Crippen molar-refractivity contribution in [2.75, 3.05) is 13.2 Å². The minimum absolute atomic E-state index is 0.349. The molecule has 2 aliphatic heterocycles. The predicted molar refractivity (Wildman–Crippen MR) is 78.2 cm³/mol. The average molecular weight is 276 g/mol. The van der Waals surface area contributed by atoms with Crippen molar-refractivity contribution in [1.29, 1.82) is 0 Å². The molecule has 0 saturated carbocycles. The first kappa shape index (κ1) is 13.9. The number of rotatable bonds is 4. The van der Waals surface area contributed by atoms with Crippen LogP contribution in [-0.4, -0.2) is 30.0 Å². The molecule has 2 atom stereocenters. The lowest BCUT2D eigenvalue weighted by atomic mass is 9.87. The lowest BCUT2D eigenvalue weighted by Crippen LogP contribution is -2.44. The molecule has 1 saturated heterocycles. The summed E-state index contributed by atoms with van der Waals surface area (Å²) in [5, 5.41) is 10.4. The molecule has 0 amide bonds. The Hall–Kier alpha value is -1.06. The quantitative estimate of drug-likeness (QED) is 0.919. The Kier molecular flexibility index (Phi) is 3.99. The molecule has 1 fully saturated rings. The molecule has 2 heterocycles. The summed E-state index contributed by atoms with van der Waals surface area (Å²) < 4.78 is 11.3. The zero-order valence-electron chi connectivity index (χ0n) is 12.2. The van der Waals surface area contributed by atoms with Crippen molar-refractivity contribution < 1.29 is 14.6 Å². The van der Waals surface area contributed by atoms with Crippen molar-refractivity contribution >= 4 is 0 Å². The van der Waals surface area contributed by atoms with E-state index in [2.05, 4.69) is 18.2 Å². The summed E-state index contributed by atoms with van der Waals surface area (Å²) in [4.78, 5) is 0. The highest BCUT2D eigenvalue weighted by Gasteiger charge is 2.35. The summed E-state index contributed by atoms with van der Waals surface area (Å²) in [7, 11) is 0. The number of benzene rings is 1. The van der Waals surface area contributed by atoms with Crippen molar-refractivity contribution in [3.8, 4) is 5.75 Å². The summed E-state index contributed by atoms with van der Waals surface area (Å²) in [6, 6.07) is 6.39. The van der Waals surface area contributed by atoms with E-state index in [0.717, 1.165) is 57.5 Å². The van der Waals surface area contributed by atoms with Gasteiger partial charge in [-0.05, 0) is 56.2 Å². The SMILES string of the molecule is CC1(C(O)CCc2ccc3c(c2)CCO3)CCCCO1. The summed E-state index contributed by atoms with van der Waals surface area (Å²) in [5.74, 6) is 1.02. The van der Waals surface area contributed by atoms with E-state index < -0.39 is 0 Å². The van der Waals surface area contributed by atoms with Crippen molar-refractivity contribution in [2.24, 2.45) is 0 Å². The Morgan fingerprint density at radius 1 is 1.30 bits per heavy atom. The smallest absolute Gasteiger partial charge is 0.122 e. The summed E-state index contributed by atoms with van der Waals surface area (Å²) in [6.45, 7) is 3.63. The maximum Gasteiger partial charge on any atom is 0.122 e. The van der Waals surface area contributed by atoms with E-state index in [9.17, 15) is 5.11 Å². The summed E-state index contributed by atoms with van der Waals surface area (Å²) in [6.07, 6.45) is 5.52. The van der Waals surface area contributed by atoms with E-state index in [4.69, 9.17) is 9.47 Å². The molecule has 2 aliphatic rings. The van der Waals surface area contributed by atoms with Gasteiger partial charge in [-0.2, -0.15) is 0 Å². The van der Waals surface area contributed by atoms with Gasteiger partial charge in [0, 0.05) is 13.0 Å². The van der Waals surface area contributed by atoms with Gasteiger partial charge in [-0.1, -0.05) is 12.1 Å². The Labute approximate surface area is 120 Å². The van der Waals surface area contributed by atoms with Gasteiger partial charge in [0.2, 0.25) is 0 Å². The first-order valence-corrected chi connectivity index (χ1v) is 7.74. The molecule has 0 bridgehead atoms. The van der Waals surface area contributed by atoms with Crippen molar-refractivity contribution in [3.05, 3.63) is 29.3 Å². The Morgan fingerprint density at radius 3 is 3.00 bits per heavy atom. The summed E-state index contributed by atoms with van der Waals surface area (Å²) in [5.41, 5.74) is 2.24. The molecule has 1 N–H and O–H groups in total. The molecule has 0 aliphatic carbocycles. The topological polar surface area (TPSA) is 38.7 Å². The molecule has 3 nitrogen and oxygen atoms in total. The third-order valence-electron chi connectivity index (χ3n) is 4.66. The van der Waals surface area contributed by atoms with E-state index in [0.29, 0.717) is 0 Å². The van der Waals surface area contributed by atoms with Crippen LogP contribution in [-0.2, 0) is 17.6 Å². The predicted octanol–water partition coefficient (Wildman–Crippen LogP) is 2.87. The highest BCUT2D eigenvalue weighted by Crippen LogP contribution is 2.31. The van der Waals surface area contributed by atoms with Gasteiger partial charge in [0.15, 0.2) is 0 Å². The normalized spacial score (nSPS) is 26.9. The monoisotopic (exact) mass is 276 g/mol. The molecule has 2 unspecified atom stereocenters. The zero-order valence-corrected chi connectivity index (χ0v) is 12.2. The van der Waals surface area contributed by atoms with Crippen LogP contribution < -0.4 is 4.74 Å². The second-order valence-electron chi connectivity index (χ2n) is 6.21. The fraction of sp³-hybridized carbons (Fsp3) is 0.647. The van der Waals surface area contributed by atoms with Gasteiger partial charge in [-0.3, -0.25) is 0 Å². The number of hydrogen-bond acceptors (Lipinski definition) is 3. The number of aliphatic hydroxyl groups is 1. The number of aliphatic hydroxyl groups excluding tert-OH is 1. The fourth-order valence-electron chi connectivity index (χ4n) is 3.22. The van der Waals surface area contributed by atoms with Gasteiger partial charge in [0.1, 0.15) is 5.75 Å². The first-order chi connectivity index (χ1) is 9.67. The minimum Gasteiger partial charge on any atom is -0.493 e. The largest absolute Gasteiger partial charge is 0.493 e. The Balaban J connectivity index is 1.58. The van der Waals surface area contributed by atoms with Crippen LogP contribution in [0, 0.1) is 0 Å². The third kappa shape index (κ3) is 2.84. The number of ether oxygens (including phenoxy) is 2. The number of fused-ring (bicyclic) bond motifs is 1. The number of hydrogen-bond donors (Lipinski definition) is 1. The van der Waals surface area contributed by atoms with E-state index in [-0.39, 0.29) is 11.7 Å². The van der Waals surface area contributed by atoms with Gasteiger partial charge in [-0.15, -0.1) is 0 Å². The molecular weight excluding hydrogens is 252 g/mol. The van der Waals surface area contributed by atoms with Crippen LogP contribution in [0.25, 0.3) is 0 Å². The molecule has 20 heavy (non-hydrogen) atoms. The lowest BCUT2D eigenvalue weighted by Gasteiger charge is -2.38. The molecule has 0 spiro atoms. The van der Waals surface area contributed by atoms with Crippen LogP contribution in [0.1, 0.15) is 43.7 Å². The molecule has 1 aromatic carbocycles. The first-order valence-electron chi connectivity index (χ1n) is 7.74. The van der Waals surface area contributed by atoms with Crippen molar-refractivity contribution in [3.63, 3.8) is 0 Å². The maximum atomic E-state index is 10.4. The van der Waals surface area contributed by atoms with Crippen LogP contribution in [0.2, 0.25) is 0 Å². The second-order valence-corrected chi connectivity index (χ2v) is 6.21. The van der Waals surface area contributed by atoms with Crippen LogP contribution >= 0.6 is 0 Å². The molecular formula is C17H24O3. The van der Waals surface area contributed by atoms with Crippen LogP contribution in [0.5, 0.6) is 5.75 Å². The highest BCUT2D eigenvalue weighted by atomic mass is 16.5. The van der Waals surface area contributed by atoms with Crippen LogP contribution in [0.15, 0.2) is 18.2 Å². The van der Waals surface area contributed by atoms with Crippen molar-refractivity contribution in [2.45, 2.75) is 57.2 Å². The third-order valence-corrected chi connectivity index (χ3v) is 4.66. The van der Waals surface area contributed by atoms with E-state index in [1.54, 1.807) is 0 Å². The lowest BCUT2D eigenvalue weighted by molar-refractivity contribution is -0.137. The van der Waals surface area contributed by atoms with E-state index >= 15 is 0 Å².